The number of nitrogen functional groups attached to an aromatic ring is 1. The molecular weight excluding hydrogens is 388 g/mol. The first-order chi connectivity index (χ1) is 13.0. The molecule has 138 valence electrons. The Bertz CT molecular complexity index is 1090. The molecule has 3 heterocycles. The van der Waals surface area contributed by atoms with Gasteiger partial charge in [-0.05, 0) is 44.2 Å². The van der Waals surface area contributed by atoms with E-state index in [4.69, 9.17) is 26.3 Å². The van der Waals surface area contributed by atoms with E-state index < -0.39 is 0 Å². The predicted molar refractivity (Wildman–Crippen MR) is 102 cm³/mol. The van der Waals surface area contributed by atoms with Gasteiger partial charge in [0.2, 0.25) is 11.0 Å². The molecule has 0 saturated heterocycles. The number of hydrogen-bond donors (Lipinski definition) is 1. The van der Waals surface area contributed by atoms with Crippen LogP contribution in [0.4, 0.5) is 0 Å². The summed E-state index contributed by atoms with van der Waals surface area (Å²) < 4.78 is 12.6. The Kier molecular flexibility index (Phi) is 4.63. The summed E-state index contributed by atoms with van der Waals surface area (Å²) in [5, 5.41) is 17.6. The minimum Gasteiger partial charge on any atom is -0.466 e. The number of halogens is 1. The van der Waals surface area contributed by atoms with Crippen molar-refractivity contribution in [2.45, 2.75) is 24.8 Å². The number of rotatable bonds is 5. The summed E-state index contributed by atoms with van der Waals surface area (Å²) in [6.45, 7) is 3.73. The van der Waals surface area contributed by atoms with Gasteiger partial charge in [0.15, 0.2) is 5.82 Å². The highest BCUT2D eigenvalue weighted by atomic mass is 35.5. The molecule has 0 radical (unpaired) electrons. The van der Waals surface area contributed by atoms with Crippen molar-refractivity contribution in [1.29, 1.82) is 0 Å². The molecule has 0 saturated carbocycles. The van der Waals surface area contributed by atoms with E-state index in [1.165, 1.54) is 16.4 Å². The lowest BCUT2D eigenvalue weighted by atomic mass is 10.2. The van der Waals surface area contributed by atoms with Crippen molar-refractivity contribution in [1.82, 2.24) is 25.1 Å². The maximum absolute atomic E-state index is 6.12. The lowest BCUT2D eigenvalue weighted by Gasteiger charge is -2.02. The summed E-state index contributed by atoms with van der Waals surface area (Å²) in [6, 6.07) is 9.10. The maximum Gasteiger partial charge on any atom is 0.251 e. The Morgan fingerprint density at radius 1 is 1.07 bits per heavy atom. The highest BCUT2D eigenvalue weighted by molar-refractivity contribution is 7.98. The van der Waals surface area contributed by atoms with Crippen LogP contribution in [-0.2, 0) is 5.75 Å². The predicted octanol–water partition coefficient (Wildman–Crippen LogP) is 3.86. The monoisotopic (exact) mass is 402 g/mol. The summed E-state index contributed by atoms with van der Waals surface area (Å²) in [4.78, 5) is 0. The highest BCUT2D eigenvalue weighted by Crippen LogP contribution is 2.28. The summed E-state index contributed by atoms with van der Waals surface area (Å²) in [7, 11) is 0. The molecule has 1 aromatic carbocycles. The van der Waals surface area contributed by atoms with Gasteiger partial charge < -0.3 is 14.7 Å². The first-order valence-electron chi connectivity index (χ1n) is 8.00. The summed E-state index contributed by atoms with van der Waals surface area (Å²) in [5.41, 5.74) is 1.62. The Labute approximate surface area is 163 Å². The summed E-state index contributed by atoms with van der Waals surface area (Å²) in [6.07, 6.45) is 0. The van der Waals surface area contributed by atoms with Crippen molar-refractivity contribution < 1.29 is 8.83 Å². The molecule has 0 bridgehead atoms. The van der Waals surface area contributed by atoms with Crippen molar-refractivity contribution >= 4 is 23.4 Å². The number of hydrogen-bond acceptors (Lipinski definition) is 8. The van der Waals surface area contributed by atoms with Gasteiger partial charge in [-0.1, -0.05) is 23.4 Å². The molecule has 0 amide bonds. The van der Waals surface area contributed by atoms with Crippen LogP contribution in [-0.4, -0.2) is 25.1 Å². The van der Waals surface area contributed by atoms with Crippen LogP contribution in [0, 0.1) is 13.8 Å². The smallest absolute Gasteiger partial charge is 0.251 e. The van der Waals surface area contributed by atoms with Crippen LogP contribution in [0.3, 0.4) is 0 Å². The molecule has 27 heavy (non-hydrogen) atoms. The minimum atomic E-state index is 0.416. The fourth-order valence-corrected chi connectivity index (χ4v) is 3.38. The molecule has 0 aliphatic rings. The van der Waals surface area contributed by atoms with Crippen LogP contribution in [0.15, 0.2) is 44.3 Å². The van der Waals surface area contributed by atoms with E-state index in [1.807, 2.05) is 32.0 Å². The van der Waals surface area contributed by atoms with Crippen LogP contribution in [0.25, 0.3) is 22.8 Å². The van der Waals surface area contributed by atoms with Gasteiger partial charge in [-0.25, -0.2) is 4.68 Å². The van der Waals surface area contributed by atoms with E-state index in [2.05, 4.69) is 20.4 Å². The Balaban J connectivity index is 1.48. The van der Waals surface area contributed by atoms with Crippen molar-refractivity contribution in [2.75, 3.05) is 5.84 Å². The fourth-order valence-electron chi connectivity index (χ4n) is 2.56. The van der Waals surface area contributed by atoms with Gasteiger partial charge in [0.05, 0.1) is 11.3 Å². The minimum absolute atomic E-state index is 0.416. The number of nitrogens with two attached hydrogens (primary N) is 1. The van der Waals surface area contributed by atoms with Crippen molar-refractivity contribution in [2.24, 2.45) is 0 Å². The molecule has 0 aliphatic carbocycles. The normalized spacial score (nSPS) is 11.2. The van der Waals surface area contributed by atoms with Gasteiger partial charge in [-0.3, -0.25) is 0 Å². The van der Waals surface area contributed by atoms with Crippen molar-refractivity contribution in [3.05, 3.63) is 52.8 Å². The number of nitrogens with zero attached hydrogens (tertiary/aromatic N) is 5. The topological polar surface area (TPSA) is 109 Å². The van der Waals surface area contributed by atoms with Gasteiger partial charge in [0, 0.05) is 10.6 Å². The van der Waals surface area contributed by atoms with E-state index in [1.54, 1.807) is 12.1 Å². The molecule has 0 unspecified atom stereocenters. The van der Waals surface area contributed by atoms with Crippen molar-refractivity contribution in [3.8, 4) is 22.8 Å². The van der Waals surface area contributed by atoms with Gasteiger partial charge in [-0.2, -0.15) is 0 Å². The molecule has 0 spiro atoms. The number of benzene rings is 1. The number of furan rings is 1. The molecule has 2 N–H and O–H groups in total. The fraction of sp³-hybridized carbons (Fsp3) is 0.176. The number of aryl methyl sites for hydroxylation is 2. The van der Waals surface area contributed by atoms with E-state index >= 15 is 0 Å². The van der Waals surface area contributed by atoms with E-state index in [9.17, 15) is 0 Å². The van der Waals surface area contributed by atoms with Gasteiger partial charge >= 0.3 is 0 Å². The zero-order valence-electron chi connectivity index (χ0n) is 14.5. The van der Waals surface area contributed by atoms with E-state index in [-0.39, 0.29) is 0 Å². The summed E-state index contributed by atoms with van der Waals surface area (Å²) in [5.74, 6) is 9.50. The van der Waals surface area contributed by atoms with E-state index in [0.29, 0.717) is 33.5 Å². The average molecular weight is 403 g/mol. The molecule has 4 aromatic rings. The molecular formula is C17H15ClN6O2S. The van der Waals surface area contributed by atoms with Crippen LogP contribution < -0.4 is 5.84 Å². The zero-order chi connectivity index (χ0) is 19.0. The quantitative estimate of drug-likeness (QED) is 0.396. The van der Waals surface area contributed by atoms with Crippen LogP contribution in [0.5, 0.6) is 0 Å². The zero-order valence-corrected chi connectivity index (χ0v) is 16.1. The average Bonchev–Trinajstić information content (AvgIpc) is 3.33. The second-order valence-corrected chi connectivity index (χ2v) is 7.18. The molecule has 4 rings (SSSR count). The largest absolute Gasteiger partial charge is 0.466 e. The molecule has 0 aliphatic heterocycles. The number of aromatic nitrogens is 5. The molecule has 10 heteroatoms. The van der Waals surface area contributed by atoms with Crippen LogP contribution >= 0.6 is 23.4 Å². The Morgan fingerprint density at radius 3 is 2.56 bits per heavy atom. The van der Waals surface area contributed by atoms with Crippen LogP contribution in [0.2, 0.25) is 5.02 Å². The lowest BCUT2D eigenvalue weighted by Crippen LogP contribution is -2.11. The summed E-state index contributed by atoms with van der Waals surface area (Å²) >= 11 is 7.27. The molecule has 8 nitrogen and oxygen atoms in total. The standard InChI is InChI=1S/C17H15ClN6O2S/c1-9-7-13(10(2)25-9)16-22-20-14(26-16)8-27-17-23-21-15(24(17)19)11-3-5-12(18)6-4-11/h3-7H,8,19H2,1-2H3. The van der Waals surface area contributed by atoms with Gasteiger partial charge in [-0.15, -0.1) is 20.4 Å². The highest BCUT2D eigenvalue weighted by Gasteiger charge is 2.17. The first kappa shape index (κ1) is 17.6. The SMILES string of the molecule is Cc1cc(-c2nnc(CSc3nnc(-c4ccc(Cl)cc4)n3N)o2)c(C)o1. The third kappa shape index (κ3) is 3.56. The Morgan fingerprint density at radius 2 is 1.85 bits per heavy atom. The van der Waals surface area contributed by atoms with Gasteiger partial charge in [0.25, 0.3) is 5.89 Å². The molecule has 3 aromatic heterocycles. The maximum atomic E-state index is 6.12. The number of thioether (sulfide) groups is 1. The van der Waals surface area contributed by atoms with Gasteiger partial charge in [0.1, 0.15) is 11.5 Å². The third-order valence-corrected chi connectivity index (χ3v) is 5.01. The van der Waals surface area contributed by atoms with Crippen LogP contribution in [0.1, 0.15) is 17.4 Å². The Hall–Kier alpha value is -2.78. The molecule has 0 fully saturated rings. The second-order valence-electron chi connectivity index (χ2n) is 5.80. The third-order valence-electron chi connectivity index (χ3n) is 3.83. The second kappa shape index (κ2) is 7.09. The van der Waals surface area contributed by atoms with Crippen molar-refractivity contribution in [3.63, 3.8) is 0 Å². The molecule has 0 atom stereocenters. The first-order valence-corrected chi connectivity index (χ1v) is 9.36. The van der Waals surface area contributed by atoms with E-state index in [0.717, 1.165) is 22.6 Å². The lowest BCUT2D eigenvalue weighted by molar-refractivity contribution is 0.499.